The van der Waals surface area contributed by atoms with E-state index >= 15 is 0 Å². The lowest BCUT2D eigenvalue weighted by molar-refractivity contribution is -0.118. The van der Waals surface area contributed by atoms with E-state index < -0.39 is 0 Å². The quantitative estimate of drug-likeness (QED) is 0.751. The van der Waals surface area contributed by atoms with Gasteiger partial charge in [-0.15, -0.1) is 0 Å². The first-order valence-electron chi connectivity index (χ1n) is 4.74. The van der Waals surface area contributed by atoms with Gasteiger partial charge >= 0.3 is 0 Å². The Bertz CT molecular complexity index is 350. The van der Waals surface area contributed by atoms with Crippen molar-refractivity contribution in [1.82, 2.24) is 0 Å². The van der Waals surface area contributed by atoms with Crippen molar-refractivity contribution in [2.24, 2.45) is 5.73 Å². The zero-order chi connectivity index (χ0) is 11.3. The second-order valence-electron chi connectivity index (χ2n) is 3.38. The first-order valence-corrected chi connectivity index (χ1v) is 4.74. The molecule has 0 saturated carbocycles. The molecule has 0 spiro atoms. The molecule has 0 fully saturated rings. The Morgan fingerprint density at radius 1 is 1.47 bits per heavy atom. The standard InChI is InChI=1S/C11H15NO3/c1-8-4-9(7-13)6-10(5-8)15-3-2-11(12)14/h4-6,13H,2-3,7H2,1H3,(H2,12,14). The summed E-state index contributed by atoms with van der Waals surface area (Å²) >= 11 is 0. The minimum Gasteiger partial charge on any atom is -0.493 e. The number of ether oxygens (including phenoxy) is 1. The number of aliphatic hydroxyl groups excluding tert-OH is 1. The smallest absolute Gasteiger partial charge is 0.220 e. The van der Waals surface area contributed by atoms with Gasteiger partial charge in [0.1, 0.15) is 5.75 Å². The molecule has 0 heterocycles. The minimum atomic E-state index is -0.384. The first-order chi connectivity index (χ1) is 7.11. The van der Waals surface area contributed by atoms with E-state index in [1.165, 1.54) is 0 Å². The van der Waals surface area contributed by atoms with Gasteiger partial charge in [-0.2, -0.15) is 0 Å². The average molecular weight is 209 g/mol. The summed E-state index contributed by atoms with van der Waals surface area (Å²) in [5.74, 6) is 0.269. The highest BCUT2D eigenvalue weighted by Gasteiger charge is 2.00. The maximum absolute atomic E-state index is 10.5. The van der Waals surface area contributed by atoms with Gasteiger partial charge in [0, 0.05) is 0 Å². The van der Waals surface area contributed by atoms with Gasteiger partial charge in [-0.3, -0.25) is 4.79 Å². The van der Waals surface area contributed by atoms with E-state index in [-0.39, 0.29) is 25.5 Å². The summed E-state index contributed by atoms with van der Waals surface area (Å²) < 4.78 is 5.33. The molecule has 0 bridgehead atoms. The third kappa shape index (κ3) is 3.99. The molecule has 1 aromatic rings. The number of hydrogen-bond acceptors (Lipinski definition) is 3. The Balaban J connectivity index is 2.60. The number of aryl methyl sites for hydroxylation is 1. The number of primary amides is 1. The third-order valence-corrected chi connectivity index (χ3v) is 1.91. The molecule has 0 saturated heterocycles. The normalized spacial score (nSPS) is 10.0. The van der Waals surface area contributed by atoms with E-state index in [0.717, 1.165) is 11.1 Å². The van der Waals surface area contributed by atoms with Crippen LogP contribution in [0.3, 0.4) is 0 Å². The summed E-state index contributed by atoms with van der Waals surface area (Å²) in [5.41, 5.74) is 6.79. The van der Waals surface area contributed by atoms with E-state index in [4.69, 9.17) is 15.6 Å². The van der Waals surface area contributed by atoms with Crippen LogP contribution in [0.25, 0.3) is 0 Å². The Kier molecular flexibility index (Phi) is 4.12. The van der Waals surface area contributed by atoms with Crippen LogP contribution in [0.4, 0.5) is 0 Å². The van der Waals surface area contributed by atoms with Crippen LogP contribution in [-0.4, -0.2) is 17.6 Å². The van der Waals surface area contributed by atoms with Gasteiger partial charge in [0.25, 0.3) is 0 Å². The van der Waals surface area contributed by atoms with Gasteiger partial charge in [0.2, 0.25) is 5.91 Å². The molecule has 1 aromatic carbocycles. The molecule has 0 radical (unpaired) electrons. The lowest BCUT2D eigenvalue weighted by Crippen LogP contribution is -2.14. The highest BCUT2D eigenvalue weighted by atomic mass is 16.5. The highest BCUT2D eigenvalue weighted by molar-refractivity contribution is 5.73. The molecule has 0 aromatic heterocycles. The summed E-state index contributed by atoms with van der Waals surface area (Å²) in [6.45, 7) is 2.16. The van der Waals surface area contributed by atoms with Crippen LogP contribution < -0.4 is 10.5 Å². The first kappa shape index (κ1) is 11.5. The number of carbonyl (C=O) groups excluding carboxylic acids is 1. The molecule has 0 aliphatic heterocycles. The molecule has 0 unspecified atom stereocenters. The molecular formula is C11H15NO3. The van der Waals surface area contributed by atoms with Gasteiger partial charge in [0.05, 0.1) is 19.6 Å². The molecule has 0 aliphatic rings. The SMILES string of the molecule is Cc1cc(CO)cc(OCCC(N)=O)c1. The molecule has 3 N–H and O–H groups in total. The fourth-order valence-corrected chi connectivity index (χ4v) is 1.27. The van der Waals surface area contributed by atoms with E-state index in [9.17, 15) is 4.79 Å². The molecule has 82 valence electrons. The topological polar surface area (TPSA) is 72.6 Å². The number of benzene rings is 1. The molecular weight excluding hydrogens is 194 g/mol. The molecule has 4 heteroatoms. The van der Waals surface area contributed by atoms with E-state index in [2.05, 4.69) is 0 Å². The lowest BCUT2D eigenvalue weighted by Gasteiger charge is -2.07. The van der Waals surface area contributed by atoms with Gasteiger partial charge in [-0.25, -0.2) is 0 Å². The van der Waals surface area contributed by atoms with E-state index in [1.807, 2.05) is 19.1 Å². The Hall–Kier alpha value is -1.55. The summed E-state index contributed by atoms with van der Waals surface area (Å²) in [4.78, 5) is 10.5. The third-order valence-electron chi connectivity index (χ3n) is 1.91. The Morgan fingerprint density at radius 2 is 2.20 bits per heavy atom. The second kappa shape index (κ2) is 5.36. The van der Waals surface area contributed by atoms with Crippen molar-refractivity contribution in [3.63, 3.8) is 0 Å². The van der Waals surface area contributed by atoms with Crippen molar-refractivity contribution < 1.29 is 14.6 Å². The number of hydrogen-bond donors (Lipinski definition) is 2. The van der Waals surface area contributed by atoms with Gasteiger partial charge < -0.3 is 15.6 Å². The molecule has 1 amide bonds. The number of nitrogens with two attached hydrogens (primary N) is 1. The molecule has 0 aliphatic carbocycles. The van der Waals surface area contributed by atoms with Crippen LogP contribution in [0, 0.1) is 6.92 Å². The molecule has 0 atom stereocenters. The average Bonchev–Trinajstić information content (AvgIpc) is 2.16. The fourth-order valence-electron chi connectivity index (χ4n) is 1.27. The molecule has 4 nitrogen and oxygen atoms in total. The predicted octanol–water partition coefficient (Wildman–Crippen LogP) is 0.742. The number of aliphatic hydroxyl groups is 1. The van der Waals surface area contributed by atoms with Crippen molar-refractivity contribution in [1.29, 1.82) is 0 Å². The lowest BCUT2D eigenvalue weighted by atomic mass is 10.1. The monoisotopic (exact) mass is 209 g/mol. The van der Waals surface area contributed by atoms with Gasteiger partial charge in [0.15, 0.2) is 0 Å². The largest absolute Gasteiger partial charge is 0.493 e. The van der Waals surface area contributed by atoms with Crippen molar-refractivity contribution in [2.45, 2.75) is 20.0 Å². The fraction of sp³-hybridized carbons (Fsp3) is 0.364. The van der Waals surface area contributed by atoms with Crippen LogP contribution in [0.5, 0.6) is 5.75 Å². The van der Waals surface area contributed by atoms with Crippen molar-refractivity contribution in [3.8, 4) is 5.75 Å². The number of rotatable bonds is 5. The summed E-state index contributed by atoms with van der Waals surface area (Å²) in [6, 6.07) is 5.47. The van der Waals surface area contributed by atoms with Crippen LogP contribution in [-0.2, 0) is 11.4 Å². The summed E-state index contributed by atoms with van der Waals surface area (Å²) in [6.07, 6.45) is 0.197. The van der Waals surface area contributed by atoms with Crippen molar-refractivity contribution >= 4 is 5.91 Å². The van der Waals surface area contributed by atoms with Crippen molar-refractivity contribution in [3.05, 3.63) is 29.3 Å². The van der Waals surface area contributed by atoms with E-state index in [1.54, 1.807) is 6.07 Å². The van der Waals surface area contributed by atoms with Crippen LogP contribution in [0.1, 0.15) is 17.5 Å². The van der Waals surface area contributed by atoms with Gasteiger partial charge in [-0.05, 0) is 30.2 Å². The maximum atomic E-state index is 10.5. The van der Waals surface area contributed by atoms with E-state index in [0.29, 0.717) is 5.75 Å². The van der Waals surface area contributed by atoms with Crippen molar-refractivity contribution in [2.75, 3.05) is 6.61 Å². The minimum absolute atomic E-state index is 0.0200. The van der Waals surface area contributed by atoms with Gasteiger partial charge in [-0.1, -0.05) is 6.07 Å². The second-order valence-corrected chi connectivity index (χ2v) is 3.38. The summed E-state index contributed by atoms with van der Waals surface area (Å²) in [5, 5.41) is 8.97. The van der Waals surface area contributed by atoms with Crippen LogP contribution in [0.15, 0.2) is 18.2 Å². The van der Waals surface area contributed by atoms with Crippen LogP contribution in [0.2, 0.25) is 0 Å². The number of amides is 1. The summed E-state index contributed by atoms with van der Waals surface area (Å²) in [7, 11) is 0. The molecule has 15 heavy (non-hydrogen) atoms. The zero-order valence-corrected chi connectivity index (χ0v) is 8.69. The Labute approximate surface area is 88.7 Å². The Morgan fingerprint density at radius 3 is 2.80 bits per heavy atom. The van der Waals surface area contributed by atoms with Crippen LogP contribution >= 0.6 is 0 Å². The highest BCUT2D eigenvalue weighted by Crippen LogP contribution is 2.16. The maximum Gasteiger partial charge on any atom is 0.220 e. The molecule has 1 rings (SSSR count). The zero-order valence-electron chi connectivity index (χ0n) is 8.69. The predicted molar refractivity (Wildman–Crippen MR) is 56.4 cm³/mol. The number of carbonyl (C=O) groups is 1.